The van der Waals surface area contributed by atoms with Gasteiger partial charge in [0.15, 0.2) is 18.0 Å². The molecule has 1 unspecified atom stereocenters. The molecule has 6 atom stereocenters. The Balaban J connectivity index is 1.69. The molecule has 0 saturated carbocycles. The van der Waals surface area contributed by atoms with Crippen LogP contribution in [0.3, 0.4) is 0 Å². The Labute approximate surface area is 246 Å². The number of aromatic nitrogens is 2. The molecule has 17 heteroatoms. The van der Waals surface area contributed by atoms with E-state index in [4.69, 9.17) is 30.3 Å². The van der Waals surface area contributed by atoms with Gasteiger partial charge in [-0.2, -0.15) is 4.39 Å². The Morgan fingerprint density at radius 3 is 2.56 bits per heavy atom. The van der Waals surface area contributed by atoms with E-state index in [9.17, 15) is 32.7 Å². The molecule has 0 bridgehead atoms. The number of carbonyl (C=O) groups is 1. The number of fused-ring (bicyclic) bond motifs is 1. The number of nitrogens with zero attached hydrogens (tertiary/aromatic N) is 1. The van der Waals surface area contributed by atoms with Crippen LogP contribution in [0, 0.1) is 5.82 Å². The molecule has 1 fully saturated rings. The SMILES string of the molecule is CC(C)OC(=O)[C@H](C)NP(=S)(OC[C@@]1(C(F)F)O[C@@H](n2cc(F)c(=O)[nH]c2=O)[C@@H](F)[C@@H]1O)Oc1cccc2ccccc12. The Bertz CT molecular complexity index is 1650. The molecule has 43 heavy (non-hydrogen) atoms. The van der Waals surface area contributed by atoms with Gasteiger partial charge in [-0.1, -0.05) is 36.4 Å². The van der Waals surface area contributed by atoms with E-state index in [1.165, 1.54) is 13.0 Å². The summed E-state index contributed by atoms with van der Waals surface area (Å²) in [5, 5.41) is 14.6. The van der Waals surface area contributed by atoms with E-state index in [1.54, 1.807) is 55.2 Å². The number of aliphatic hydroxyl groups excluding tert-OH is 1. The molecule has 1 aromatic heterocycles. The zero-order chi connectivity index (χ0) is 31.7. The number of hydrogen-bond donors (Lipinski definition) is 3. The fraction of sp³-hybridized carbons (Fsp3) is 0.423. The van der Waals surface area contributed by atoms with Crippen molar-refractivity contribution in [3.05, 3.63) is 75.3 Å². The standard InChI is InChI=1S/C26H28F4N3O8PS/c1-13(2)39-23(36)14(3)32-42(43,41-18-10-6-8-15-7-4-5-9-16(15)18)38-12-26(24(29)30)20(34)19(28)22(40-26)33-11-17(27)21(35)31-25(33)37/h4-11,13-14,19-20,22,24,34H,12H2,1-3H3,(H,32,43)(H,31,35,37)/t14-,19-,20-,22+,26+,42?/m0/s1. The van der Waals surface area contributed by atoms with Gasteiger partial charge in [0.2, 0.25) is 5.82 Å². The van der Waals surface area contributed by atoms with Crippen molar-refractivity contribution >= 4 is 35.2 Å². The summed E-state index contributed by atoms with van der Waals surface area (Å²) in [6.07, 6.45) is -11.5. The average molecular weight is 650 g/mol. The molecule has 11 nitrogen and oxygen atoms in total. The van der Waals surface area contributed by atoms with Gasteiger partial charge in [-0.3, -0.25) is 19.1 Å². The maximum atomic E-state index is 15.3. The first-order chi connectivity index (χ1) is 20.2. The number of carbonyl (C=O) groups excluding carboxylic acids is 1. The van der Waals surface area contributed by atoms with Gasteiger partial charge < -0.3 is 23.6 Å². The second-order valence-corrected chi connectivity index (χ2v) is 13.1. The lowest BCUT2D eigenvalue weighted by molar-refractivity contribution is -0.192. The number of nitrogens with one attached hydrogen (secondary N) is 2. The van der Waals surface area contributed by atoms with Gasteiger partial charge in [0.25, 0.3) is 12.0 Å². The van der Waals surface area contributed by atoms with Crippen molar-refractivity contribution in [1.29, 1.82) is 0 Å². The number of ether oxygens (including phenoxy) is 2. The van der Waals surface area contributed by atoms with Crippen molar-refractivity contribution in [3.63, 3.8) is 0 Å². The summed E-state index contributed by atoms with van der Waals surface area (Å²) in [5.41, 5.74) is -5.95. The minimum absolute atomic E-state index is 0.161. The van der Waals surface area contributed by atoms with Gasteiger partial charge >= 0.3 is 18.3 Å². The molecule has 1 saturated heterocycles. The molecular formula is C26H28F4N3O8PS. The molecule has 1 aliphatic heterocycles. The van der Waals surface area contributed by atoms with Crippen LogP contribution in [-0.2, 0) is 30.6 Å². The van der Waals surface area contributed by atoms with E-state index in [-0.39, 0.29) is 16.5 Å². The predicted molar refractivity (Wildman–Crippen MR) is 150 cm³/mol. The summed E-state index contributed by atoms with van der Waals surface area (Å²) in [6.45, 7) is -0.747. The van der Waals surface area contributed by atoms with Gasteiger partial charge in [0, 0.05) is 5.39 Å². The summed E-state index contributed by atoms with van der Waals surface area (Å²) in [6, 6.07) is 10.7. The molecule has 234 valence electrons. The minimum Gasteiger partial charge on any atom is -0.462 e. The van der Waals surface area contributed by atoms with E-state index in [0.29, 0.717) is 5.39 Å². The summed E-state index contributed by atoms with van der Waals surface area (Å²) in [4.78, 5) is 37.7. The molecule has 1 aliphatic rings. The lowest BCUT2D eigenvalue weighted by Crippen LogP contribution is -2.52. The highest BCUT2D eigenvalue weighted by Gasteiger charge is 2.62. The van der Waals surface area contributed by atoms with Crippen LogP contribution in [0.25, 0.3) is 10.8 Å². The molecule has 0 aliphatic carbocycles. The monoisotopic (exact) mass is 649 g/mol. The summed E-state index contributed by atoms with van der Waals surface area (Å²) < 4.78 is 80.5. The first-order valence-corrected chi connectivity index (χ1v) is 15.5. The molecule has 2 heterocycles. The summed E-state index contributed by atoms with van der Waals surface area (Å²) in [5.74, 6) is -2.13. The average Bonchev–Trinajstić information content (AvgIpc) is 3.20. The second kappa shape index (κ2) is 12.8. The van der Waals surface area contributed by atoms with Crippen LogP contribution in [0.15, 0.2) is 58.3 Å². The number of alkyl halides is 3. The topological polar surface area (TPSA) is 141 Å². The quantitative estimate of drug-likeness (QED) is 0.161. The maximum absolute atomic E-state index is 15.3. The number of H-pyrrole nitrogens is 1. The van der Waals surface area contributed by atoms with Crippen LogP contribution >= 0.6 is 6.64 Å². The van der Waals surface area contributed by atoms with Crippen LogP contribution in [0.4, 0.5) is 17.6 Å². The Kier molecular flexibility index (Phi) is 9.79. The van der Waals surface area contributed by atoms with Crippen LogP contribution in [0.2, 0.25) is 0 Å². The molecule has 0 radical (unpaired) electrons. The molecule has 0 amide bonds. The zero-order valence-electron chi connectivity index (χ0n) is 22.9. The molecule has 3 N–H and O–H groups in total. The highest BCUT2D eigenvalue weighted by Crippen LogP contribution is 2.50. The van der Waals surface area contributed by atoms with Crippen LogP contribution in [-0.4, -0.2) is 63.7 Å². The number of esters is 1. The number of aliphatic hydroxyl groups is 1. The lowest BCUT2D eigenvalue weighted by atomic mass is 9.97. The van der Waals surface area contributed by atoms with Crippen molar-refractivity contribution < 1.29 is 46.0 Å². The number of hydrogen-bond acceptors (Lipinski definition) is 9. The minimum atomic E-state index is -4.04. The van der Waals surface area contributed by atoms with E-state index >= 15 is 4.39 Å². The predicted octanol–water partition coefficient (Wildman–Crippen LogP) is 3.31. The molecule has 4 rings (SSSR count). The van der Waals surface area contributed by atoms with Gasteiger partial charge in [-0.15, -0.1) is 0 Å². The third-order valence-electron chi connectivity index (χ3n) is 6.47. The smallest absolute Gasteiger partial charge is 0.330 e. The van der Waals surface area contributed by atoms with Crippen molar-refractivity contribution in [2.24, 2.45) is 0 Å². The highest BCUT2D eigenvalue weighted by atomic mass is 32.5. The fourth-order valence-electron chi connectivity index (χ4n) is 4.31. The van der Waals surface area contributed by atoms with Crippen molar-refractivity contribution in [2.75, 3.05) is 6.61 Å². The van der Waals surface area contributed by atoms with E-state index in [2.05, 4.69) is 5.09 Å². The van der Waals surface area contributed by atoms with Gasteiger partial charge in [-0.25, -0.2) is 23.1 Å². The number of rotatable bonds is 11. The largest absolute Gasteiger partial charge is 0.462 e. The lowest BCUT2D eigenvalue weighted by Gasteiger charge is -2.34. The Morgan fingerprint density at radius 2 is 1.88 bits per heavy atom. The second-order valence-electron chi connectivity index (χ2n) is 9.97. The van der Waals surface area contributed by atoms with Gasteiger partial charge in [0.1, 0.15) is 17.9 Å². The van der Waals surface area contributed by atoms with Crippen molar-refractivity contribution in [1.82, 2.24) is 14.6 Å². The molecule has 2 aromatic carbocycles. The summed E-state index contributed by atoms with van der Waals surface area (Å²) in [7, 11) is 0. The van der Waals surface area contributed by atoms with E-state index in [1.807, 2.05) is 0 Å². The summed E-state index contributed by atoms with van der Waals surface area (Å²) >= 11 is 5.60. The van der Waals surface area contributed by atoms with E-state index in [0.717, 1.165) is 5.39 Å². The molecule has 3 aromatic rings. The number of halogens is 4. The fourth-order valence-corrected chi connectivity index (χ4v) is 6.74. The first-order valence-electron chi connectivity index (χ1n) is 12.9. The number of benzene rings is 2. The van der Waals surface area contributed by atoms with Crippen LogP contribution < -0.4 is 20.9 Å². The van der Waals surface area contributed by atoms with Crippen molar-refractivity contribution in [3.8, 4) is 5.75 Å². The third-order valence-corrected chi connectivity index (χ3v) is 8.93. The van der Waals surface area contributed by atoms with Gasteiger partial charge in [-0.05, 0) is 44.0 Å². The third kappa shape index (κ3) is 6.84. The Morgan fingerprint density at radius 1 is 1.21 bits per heavy atom. The van der Waals surface area contributed by atoms with Crippen molar-refractivity contribution in [2.45, 2.75) is 63.4 Å². The zero-order valence-corrected chi connectivity index (χ0v) is 24.6. The highest BCUT2D eigenvalue weighted by molar-refractivity contribution is 8.09. The number of aromatic amines is 1. The maximum Gasteiger partial charge on any atom is 0.330 e. The van der Waals surface area contributed by atoms with E-state index < -0.39 is 79.0 Å². The normalized spacial score (nSPS) is 24.3. The molecule has 0 spiro atoms. The molecular weight excluding hydrogens is 621 g/mol. The first kappa shape index (κ1) is 32.8. The Hall–Kier alpha value is -3.14. The van der Waals surface area contributed by atoms with Crippen LogP contribution in [0.1, 0.15) is 27.0 Å². The van der Waals surface area contributed by atoms with Crippen LogP contribution in [0.5, 0.6) is 5.75 Å². The van der Waals surface area contributed by atoms with Gasteiger partial charge in [0.05, 0.1) is 18.9 Å².